The number of hydrogen-bond donors (Lipinski definition) is 0. The van der Waals surface area contributed by atoms with E-state index >= 15 is 0 Å². The topological polar surface area (TPSA) is 55.8 Å². The van der Waals surface area contributed by atoms with Gasteiger partial charge in [-0.25, -0.2) is 0 Å². The lowest BCUT2D eigenvalue weighted by Gasteiger charge is -2.16. The lowest BCUT2D eigenvalue weighted by atomic mass is 10.1. The van der Waals surface area contributed by atoms with Crippen LogP contribution in [0.4, 0.5) is 4.79 Å². The summed E-state index contributed by atoms with van der Waals surface area (Å²) in [6, 6.07) is 25.9. The lowest BCUT2D eigenvalue weighted by molar-refractivity contribution is -0.123. The maximum atomic E-state index is 13.1. The third-order valence-electron chi connectivity index (χ3n) is 6.22. The van der Waals surface area contributed by atoms with Crippen LogP contribution in [0, 0.1) is 6.92 Å². The zero-order valence-electron chi connectivity index (χ0n) is 21.1. The largest absolute Gasteiger partial charge is 0.490 e. The highest BCUT2D eigenvalue weighted by atomic mass is 79.9. The lowest BCUT2D eigenvalue weighted by Crippen LogP contribution is -2.27. The number of halogens is 1. The molecule has 1 aliphatic rings. The predicted octanol–water partition coefficient (Wildman–Crippen LogP) is 8.12. The maximum Gasteiger partial charge on any atom is 0.293 e. The molecule has 1 saturated heterocycles. The summed E-state index contributed by atoms with van der Waals surface area (Å²) in [5.41, 5.74) is 3.85. The van der Waals surface area contributed by atoms with Gasteiger partial charge in [-0.1, -0.05) is 72.3 Å². The van der Waals surface area contributed by atoms with Gasteiger partial charge in [-0.15, -0.1) is 0 Å². The first-order chi connectivity index (χ1) is 18.4. The number of benzene rings is 4. The van der Waals surface area contributed by atoms with Crippen LogP contribution in [-0.4, -0.2) is 22.7 Å². The van der Waals surface area contributed by atoms with E-state index in [4.69, 9.17) is 9.47 Å². The molecule has 1 aliphatic heterocycles. The van der Waals surface area contributed by atoms with Gasteiger partial charge in [-0.2, -0.15) is 0 Å². The molecule has 5 nitrogen and oxygen atoms in total. The monoisotopic (exact) mass is 587 g/mol. The van der Waals surface area contributed by atoms with Gasteiger partial charge in [0.1, 0.15) is 6.61 Å². The molecule has 2 amide bonds. The second-order valence-electron chi connectivity index (χ2n) is 8.94. The van der Waals surface area contributed by atoms with Crippen LogP contribution >= 0.6 is 27.7 Å². The van der Waals surface area contributed by atoms with Crippen LogP contribution in [0.3, 0.4) is 0 Å². The molecular formula is C31H26BrNO4S. The van der Waals surface area contributed by atoms with E-state index in [-0.39, 0.29) is 17.7 Å². The first kappa shape index (κ1) is 26.1. The fourth-order valence-electron chi connectivity index (χ4n) is 4.31. The minimum Gasteiger partial charge on any atom is -0.490 e. The number of carbonyl (C=O) groups is 2. The molecule has 0 saturated carbocycles. The SMILES string of the molecule is CCOc1cc(/C=C2\SC(=O)N(Cc3ccc(C)cc3)C2=O)cc(Br)c1OCc1cccc2ccccc12. The molecular weight excluding hydrogens is 562 g/mol. The highest BCUT2D eigenvalue weighted by Gasteiger charge is 2.35. The summed E-state index contributed by atoms with van der Waals surface area (Å²) in [6.45, 7) is 4.98. The van der Waals surface area contributed by atoms with Crippen molar-refractivity contribution in [3.8, 4) is 11.5 Å². The van der Waals surface area contributed by atoms with Crippen molar-refractivity contribution in [2.45, 2.75) is 27.0 Å². The molecule has 0 atom stereocenters. The van der Waals surface area contributed by atoms with Gasteiger partial charge < -0.3 is 9.47 Å². The molecule has 1 fully saturated rings. The molecule has 0 bridgehead atoms. The molecule has 38 heavy (non-hydrogen) atoms. The Hall–Kier alpha value is -3.55. The summed E-state index contributed by atoms with van der Waals surface area (Å²) in [4.78, 5) is 27.4. The van der Waals surface area contributed by atoms with Gasteiger partial charge in [0.25, 0.3) is 11.1 Å². The summed E-state index contributed by atoms with van der Waals surface area (Å²) in [6.07, 6.45) is 1.72. The number of amides is 2. The Morgan fingerprint density at radius 1 is 0.947 bits per heavy atom. The maximum absolute atomic E-state index is 13.1. The third kappa shape index (κ3) is 5.64. The molecule has 4 aromatic rings. The van der Waals surface area contributed by atoms with Gasteiger partial charge in [0.15, 0.2) is 11.5 Å². The predicted molar refractivity (Wildman–Crippen MR) is 156 cm³/mol. The van der Waals surface area contributed by atoms with Gasteiger partial charge >= 0.3 is 0 Å². The minimum atomic E-state index is -0.300. The van der Waals surface area contributed by atoms with Gasteiger partial charge in [0.2, 0.25) is 0 Å². The van der Waals surface area contributed by atoms with Crippen LogP contribution in [-0.2, 0) is 17.9 Å². The molecule has 192 valence electrons. The minimum absolute atomic E-state index is 0.247. The standard InChI is InChI=1S/C31H26BrNO4S/c1-3-36-27-16-22(17-28-30(34)33(31(35)38-28)18-21-13-11-20(2)12-14-21)15-26(32)29(27)37-19-24-9-6-8-23-7-4-5-10-25(23)24/h4-17H,3,18-19H2,1-2H3/b28-17-. The summed E-state index contributed by atoms with van der Waals surface area (Å²) < 4.78 is 12.8. The average molecular weight is 589 g/mol. The number of hydrogen-bond acceptors (Lipinski definition) is 5. The molecule has 0 N–H and O–H groups in total. The smallest absolute Gasteiger partial charge is 0.293 e. The Morgan fingerprint density at radius 2 is 1.71 bits per heavy atom. The summed E-state index contributed by atoms with van der Waals surface area (Å²) >= 11 is 4.57. The zero-order valence-corrected chi connectivity index (χ0v) is 23.5. The molecule has 0 radical (unpaired) electrons. The zero-order chi connectivity index (χ0) is 26.6. The van der Waals surface area contributed by atoms with Crippen LogP contribution in [0.25, 0.3) is 16.8 Å². The quantitative estimate of drug-likeness (QED) is 0.195. The molecule has 0 spiro atoms. The first-order valence-electron chi connectivity index (χ1n) is 12.3. The van der Waals surface area contributed by atoms with Gasteiger partial charge in [-0.05, 0) is 87.2 Å². The van der Waals surface area contributed by atoms with Gasteiger partial charge in [0.05, 0.1) is 22.5 Å². The first-order valence-corrected chi connectivity index (χ1v) is 13.9. The number of nitrogens with zero attached hydrogens (tertiary/aromatic N) is 1. The fraction of sp³-hybridized carbons (Fsp3) is 0.161. The van der Waals surface area contributed by atoms with E-state index in [2.05, 4.69) is 40.2 Å². The molecule has 0 aliphatic carbocycles. The van der Waals surface area contributed by atoms with Gasteiger partial charge in [0, 0.05) is 0 Å². The number of carbonyl (C=O) groups excluding carboxylic acids is 2. The van der Waals surface area contributed by atoms with Crippen molar-refractivity contribution in [2.75, 3.05) is 6.61 Å². The number of fused-ring (bicyclic) bond motifs is 1. The number of imide groups is 1. The third-order valence-corrected chi connectivity index (χ3v) is 7.71. The van der Waals surface area contributed by atoms with Crippen LogP contribution in [0.5, 0.6) is 11.5 Å². The summed E-state index contributed by atoms with van der Waals surface area (Å²) in [5.74, 6) is 0.850. The molecule has 0 aromatic heterocycles. The molecule has 0 unspecified atom stereocenters. The fourth-order valence-corrected chi connectivity index (χ4v) is 5.72. The van der Waals surface area contributed by atoms with Crippen molar-refractivity contribution in [3.63, 3.8) is 0 Å². The van der Waals surface area contributed by atoms with Crippen molar-refractivity contribution >= 4 is 55.7 Å². The average Bonchev–Trinajstić information content (AvgIpc) is 3.17. The van der Waals surface area contributed by atoms with Crippen LogP contribution in [0.1, 0.15) is 29.2 Å². The van der Waals surface area contributed by atoms with E-state index in [1.54, 1.807) is 6.08 Å². The molecule has 4 aromatic carbocycles. The number of ether oxygens (including phenoxy) is 2. The van der Waals surface area contributed by atoms with E-state index in [0.29, 0.717) is 34.1 Å². The summed E-state index contributed by atoms with van der Waals surface area (Å²) in [5, 5.41) is 2.02. The molecule has 7 heteroatoms. The van der Waals surface area contributed by atoms with Crippen molar-refractivity contribution in [2.24, 2.45) is 0 Å². The molecule has 1 heterocycles. The van der Waals surface area contributed by atoms with E-state index in [1.807, 2.05) is 68.4 Å². The van der Waals surface area contributed by atoms with Crippen LogP contribution in [0.2, 0.25) is 0 Å². The van der Waals surface area contributed by atoms with Crippen molar-refractivity contribution < 1.29 is 19.1 Å². The van der Waals surface area contributed by atoms with E-state index in [0.717, 1.165) is 44.8 Å². The van der Waals surface area contributed by atoms with Crippen LogP contribution < -0.4 is 9.47 Å². The van der Waals surface area contributed by atoms with E-state index in [1.165, 1.54) is 4.90 Å². The Balaban J connectivity index is 1.38. The molecule has 5 rings (SSSR count). The highest BCUT2D eigenvalue weighted by Crippen LogP contribution is 2.40. The number of aryl methyl sites for hydroxylation is 1. The number of thioether (sulfide) groups is 1. The van der Waals surface area contributed by atoms with Crippen LogP contribution in [0.15, 0.2) is 88.2 Å². The van der Waals surface area contributed by atoms with E-state index in [9.17, 15) is 9.59 Å². The number of rotatable bonds is 8. The Morgan fingerprint density at radius 3 is 2.50 bits per heavy atom. The van der Waals surface area contributed by atoms with Crippen molar-refractivity contribution in [3.05, 3.63) is 110 Å². The Kier molecular flexibility index (Phi) is 7.86. The van der Waals surface area contributed by atoms with Crippen molar-refractivity contribution in [1.29, 1.82) is 0 Å². The highest BCUT2D eigenvalue weighted by molar-refractivity contribution is 9.10. The Bertz CT molecular complexity index is 1540. The summed E-state index contributed by atoms with van der Waals surface area (Å²) in [7, 11) is 0. The van der Waals surface area contributed by atoms with E-state index < -0.39 is 0 Å². The normalized spacial score (nSPS) is 14.5. The van der Waals surface area contributed by atoms with Crippen molar-refractivity contribution in [1.82, 2.24) is 4.90 Å². The van der Waals surface area contributed by atoms with Gasteiger partial charge in [-0.3, -0.25) is 14.5 Å². The Labute approximate surface area is 234 Å². The second kappa shape index (κ2) is 11.5. The second-order valence-corrected chi connectivity index (χ2v) is 10.8.